The van der Waals surface area contributed by atoms with E-state index < -0.39 is 10.0 Å². The molecule has 1 aromatic heterocycles. The number of ether oxygens (including phenoxy) is 2. The SMILES string of the molecule is COc1ccc(S(=O)(=O)N2CCN(c3nc4c(OC)cccc4s3)CC2)cc1. The molecule has 0 atom stereocenters. The summed E-state index contributed by atoms with van der Waals surface area (Å²) in [6.45, 7) is 2.03. The van der Waals surface area contributed by atoms with Gasteiger partial charge in [-0.05, 0) is 36.4 Å². The van der Waals surface area contributed by atoms with Crippen LogP contribution in [0.1, 0.15) is 0 Å². The molecule has 1 aliphatic rings. The molecule has 1 saturated heterocycles. The van der Waals surface area contributed by atoms with Crippen LogP contribution in [0, 0.1) is 0 Å². The Morgan fingerprint density at radius 2 is 1.68 bits per heavy atom. The lowest BCUT2D eigenvalue weighted by Crippen LogP contribution is -2.48. The molecule has 0 spiro atoms. The van der Waals surface area contributed by atoms with E-state index in [-0.39, 0.29) is 4.90 Å². The summed E-state index contributed by atoms with van der Waals surface area (Å²) in [6.07, 6.45) is 0. The van der Waals surface area contributed by atoms with Gasteiger partial charge in [0.05, 0.1) is 23.8 Å². The van der Waals surface area contributed by atoms with Crippen molar-refractivity contribution in [3.8, 4) is 11.5 Å². The number of benzene rings is 2. The van der Waals surface area contributed by atoms with Gasteiger partial charge in [0.1, 0.15) is 17.0 Å². The standard InChI is InChI=1S/C19H21N3O4S2/c1-25-14-6-8-15(9-7-14)28(23,24)22-12-10-21(11-13-22)19-20-18-16(26-2)4-3-5-17(18)27-19/h3-9H,10-13H2,1-2H3. The Bertz CT molecular complexity index is 1070. The molecule has 7 nitrogen and oxygen atoms in total. The summed E-state index contributed by atoms with van der Waals surface area (Å²) in [7, 11) is -0.322. The molecule has 0 saturated carbocycles. The third kappa shape index (κ3) is 3.41. The fourth-order valence-corrected chi connectivity index (χ4v) is 5.69. The number of methoxy groups -OCH3 is 2. The molecule has 1 aliphatic heterocycles. The van der Waals surface area contributed by atoms with Crippen molar-refractivity contribution in [2.75, 3.05) is 45.3 Å². The maximum Gasteiger partial charge on any atom is 0.243 e. The van der Waals surface area contributed by atoms with Gasteiger partial charge in [0.15, 0.2) is 5.13 Å². The molecule has 9 heteroatoms. The van der Waals surface area contributed by atoms with E-state index in [9.17, 15) is 8.42 Å². The lowest BCUT2D eigenvalue weighted by molar-refractivity contribution is 0.384. The number of nitrogens with zero attached hydrogens (tertiary/aromatic N) is 3. The van der Waals surface area contributed by atoms with Gasteiger partial charge in [0.2, 0.25) is 10.0 Å². The third-order valence-electron chi connectivity index (χ3n) is 4.80. The summed E-state index contributed by atoms with van der Waals surface area (Å²) in [4.78, 5) is 7.12. The predicted octanol–water partition coefficient (Wildman–Crippen LogP) is 2.82. The van der Waals surface area contributed by atoms with Gasteiger partial charge in [0, 0.05) is 26.2 Å². The third-order valence-corrected chi connectivity index (χ3v) is 7.79. The number of fused-ring (bicyclic) bond motifs is 1. The molecular weight excluding hydrogens is 398 g/mol. The van der Waals surface area contributed by atoms with E-state index >= 15 is 0 Å². The van der Waals surface area contributed by atoms with Gasteiger partial charge in [-0.15, -0.1) is 0 Å². The van der Waals surface area contributed by atoms with Crippen LogP contribution in [0.25, 0.3) is 10.2 Å². The van der Waals surface area contributed by atoms with Crippen LogP contribution in [-0.4, -0.2) is 58.1 Å². The zero-order chi connectivity index (χ0) is 19.7. The van der Waals surface area contributed by atoms with E-state index in [1.165, 1.54) is 4.31 Å². The Labute approximate surface area is 168 Å². The van der Waals surface area contributed by atoms with Crippen molar-refractivity contribution < 1.29 is 17.9 Å². The lowest BCUT2D eigenvalue weighted by atomic mass is 10.3. The van der Waals surface area contributed by atoms with Crippen LogP contribution in [0.15, 0.2) is 47.4 Å². The maximum absolute atomic E-state index is 12.9. The molecule has 0 amide bonds. The second kappa shape index (κ2) is 7.57. The first-order chi connectivity index (χ1) is 13.5. The Morgan fingerprint density at radius 1 is 0.964 bits per heavy atom. The van der Waals surface area contributed by atoms with Gasteiger partial charge in [0.25, 0.3) is 0 Å². The molecule has 4 rings (SSSR count). The minimum atomic E-state index is -3.51. The molecule has 0 aliphatic carbocycles. The summed E-state index contributed by atoms with van der Waals surface area (Å²) in [5, 5.41) is 0.890. The molecule has 2 heterocycles. The lowest BCUT2D eigenvalue weighted by Gasteiger charge is -2.33. The number of piperazine rings is 1. The van der Waals surface area contributed by atoms with Crippen molar-refractivity contribution in [1.29, 1.82) is 0 Å². The van der Waals surface area contributed by atoms with Gasteiger partial charge in [-0.2, -0.15) is 4.31 Å². The number of anilines is 1. The number of hydrogen-bond acceptors (Lipinski definition) is 7. The van der Waals surface area contributed by atoms with Crippen LogP contribution < -0.4 is 14.4 Å². The predicted molar refractivity (Wildman–Crippen MR) is 110 cm³/mol. The highest BCUT2D eigenvalue weighted by Gasteiger charge is 2.29. The van der Waals surface area contributed by atoms with Crippen LogP contribution in [0.3, 0.4) is 0 Å². The van der Waals surface area contributed by atoms with Crippen molar-refractivity contribution in [3.63, 3.8) is 0 Å². The van der Waals surface area contributed by atoms with E-state index in [0.29, 0.717) is 31.9 Å². The van der Waals surface area contributed by atoms with Gasteiger partial charge in [-0.3, -0.25) is 0 Å². The van der Waals surface area contributed by atoms with Crippen molar-refractivity contribution in [2.45, 2.75) is 4.90 Å². The zero-order valence-corrected chi connectivity index (χ0v) is 17.3. The number of para-hydroxylation sites is 1. The highest BCUT2D eigenvalue weighted by molar-refractivity contribution is 7.89. The monoisotopic (exact) mass is 419 g/mol. The van der Waals surface area contributed by atoms with Crippen molar-refractivity contribution >= 4 is 36.7 Å². The highest BCUT2D eigenvalue weighted by atomic mass is 32.2. The summed E-state index contributed by atoms with van der Waals surface area (Å²) in [5.74, 6) is 1.38. The fourth-order valence-electron chi connectivity index (χ4n) is 3.23. The minimum Gasteiger partial charge on any atom is -0.497 e. The molecule has 0 N–H and O–H groups in total. The molecule has 0 unspecified atom stereocenters. The number of hydrogen-bond donors (Lipinski definition) is 0. The van der Waals surface area contributed by atoms with E-state index in [1.807, 2.05) is 18.2 Å². The van der Waals surface area contributed by atoms with Crippen LogP contribution in [0.2, 0.25) is 0 Å². The Hall–Kier alpha value is -2.36. The van der Waals surface area contributed by atoms with Gasteiger partial charge in [-0.1, -0.05) is 17.4 Å². The first kappa shape index (κ1) is 19.0. The van der Waals surface area contributed by atoms with E-state index in [2.05, 4.69) is 4.90 Å². The summed E-state index contributed by atoms with van der Waals surface area (Å²) < 4.78 is 38.9. The van der Waals surface area contributed by atoms with Gasteiger partial charge >= 0.3 is 0 Å². The second-order valence-electron chi connectivity index (χ2n) is 6.37. The molecule has 2 aromatic carbocycles. The molecule has 0 bridgehead atoms. The largest absolute Gasteiger partial charge is 0.497 e. The van der Waals surface area contributed by atoms with E-state index in [4.69, 9.17) is 14.5 Å². The average molecular weight is 420 g/mol. The van der Waals surface area contributed by atoms with Crippen LogP contribution in [0.4, 0.5) is 5.13 Å². The average Bonchev–Trinajstić information content (AvgIpc) is 3.18. The Morgan fingerprint density at radius 3 is 2.32 bits per heavy atom. The van der Waals surface area contributed by atoms with Crippen molar-refractivity contribution in [3.05, 3.63) is 42.5 Å². The molecular formula is C19H21N3O4S2. The van der Waals surface area contributed by atoms with E-state index in [0.717, 1.165) is 21.1 Å². The van der Waals surface area contributed by atoms with Crippen molar-refractivity contribution in [1.82, 2.24) is 9.29 Å². The van der Waals surface area contributed by atoms with Crippen molar-refractivity contribution in [2.24, 2.45) is 0 Å². The normalized spacial score (nSPS) is 15.7. The topological polar surface area (TPSA) is 72.0 Å². The quantitative estimate of drug-likeness (QED) is 0.633. The smallest absolute Gasteiger partial charge is 0.243 e. The molecule has 3 aromatic rings. The van der Waals surface area contributed by atoms with Crippen LogP contribution in [0.5, 0.6) is 11.5 Å². The first-order valence-electron chi connectivity index (χ1n) is 8.85. The van der Waals surface area contributed by atoms with Gasteiger partial charge < -0.3 is 14.4 Å². The maximum atomic E-state index is 12.9. The number of sulfonamides is 1. The number of thiazole rings is 1. The minimum absolute atomic E-state index is 0.284. The number of rotatable bonds is 5. The Balaban J connectivity index is 1.49. The summed E-state index contributed by atoms with van der Waals surface area (Å²) >= 11 is 1.60. The summed E-state index contributed by atoms with van der Waals surface area (Å²) in [6, 6.07) is 12.4. The van der Waals surface area contributed by atoms with Gasteiger partial charge in [-0.25, -0.2) is 13.4 Å². The zero-order valence-electron chi connectivity index (χ0n) is 15.7. The molecule has 28 heavy (non-hydrogen) atoms. The molecule has 0 radical (unpaired) electrons. The first-order valence-corrected chi connectivity index (χ1v) is 11.1. The van der Waals surface area contributed by atoms with Crippen LogP contribution in [-0.2, 0) is 10.0 Å². The van der Waals surface area contributed by atoms with Crippen LogP contribution >= 0.6 is 11.3 Å². The fraction of sp³-hybridized carbons (Fsp3) is 0.316. The summed E-state index contributed by atoms with van der Waals surface area (Å²) in [5.41, 5.74) is 0.846. The number of aromatic nitrogens is 1. The van der Waals surface area contributed by atoms with E-state index in [1.54, 1.807) is 49.8 Å². The molecule has 148 valence electrons. The molecule has 1 fully saturated rings. The second-order valence-corrected chi connectivity index (χ2v) is 9.32. The Kier molecular flexibility index (Phi) is 5.13. The highest BCUT2D eigenvalue weighted by Crippen LogP contribution is 2.34.